The van der Waals surface area contributed by atoms with E-state index in [9.17, 15) is 0 Å². The van der Waals surface area contributed by atoms with Crippen molar-refractivity contribution in [3.63, 3.8) is 0 Å². The molecule has 3 aromatic rings. The van der Waals surface area contributed by atoms with Gasteiger partial charge in [-0.25, -0.2) is 9.97 Å². The SMILES string of the molecule is Cc1ccnc(Nc2cnc(-c3ncccc3C)s2)c1. The maximum Gasteiger partial charge on any atom is 0.144 e. The van der Waals surface area contributed by atoms with Crippen molar-refractivity contribution in [1.82, 2.24) is 15.0 Å². The van der Waals surface area contributed by atoms with Gasteiger partial charge in [-0.15, -0.1) is 0 Å². The quantitative estimate of drug-likeness (QED) is 0.790. The molecule has 0 amide bonds. The van der Waals surface area contributed by atoms with Crippen LogP contribution in [-0.2, 0) is 0 Å². The van der Waals surface area contributed by atoms with Gasteiger partial charge in [0.1, 0.15) is 21.5 Å². The van der Waals surface area contributed by atoms with Crippen molar-refractivity contribution < 1.29 is 0 Å². The molecular weight excluding hydrogens is 268 g/mol. The average molecular weight is 282 g/mol. The van der Waals surface area contributed by atoms with E-state index in [1.165, 1.54) is 5.56 Å². The van der Waals surface area contributed by atoms with Gasteiger partial charge in [-0.05, 0) is 43.2 Å². The molecule has 3 rings (SSSR count). The number of thiazole rings is 1. The summed E-state index contributed by atoms with van der Waals surface area (Å²) in [7, 11) is 0. The number of aromatic nitrogens is 3. The molecule has 100 valence electrons. The van der Waals surface area contributed by atoms with Crippen LogP contribution in [0.1, 0.15) is 11.1 Å². The van der Waals surface area contributed by atoms with E-state index in [4.69, 9.17) is 0 Å². The Morgan fingerprint density at radius 3 is 2.75 bits per heavy atom. The van der Waals surface area contributed by atoms with Gasteiger partial charge in [0.05, 0.1) is 6.20 Å². The van der Waals surface area contributed by atoms with Gasteiger partial charge < -0.3 is 5.32 Å². The van der Waals surface area contributed by atoms with E-state index in [1.54, 1.807) is 23.7 Å². The van der Waals surface area contributed by atoms with Crippen LogP contribution in [0.25, 0.3) is 10.7 Å². The number of nitrogens with zero attached hydrogens (tertiary/aromatic N) is 3. The molecule has 0 radical (unpaired) electrons. The minimum atomic E-state index is 0.831. The second-order valence-electron chi connectivity index (χ2n) is 4.54. The molecule has 0 aliphatic heterocycles. The van der Waals surface area contributed by atoms with Gasteiger partial charge in [-0.1, -0.05) is 17.4 Å². The summed E-state index contributed by atoms with van der Waals surface area (Å²) in [4.78, 5) is 13.1. The van der Waals surface area contributed by atoms with Crippen molar-refractivity contribution >= 4 is 22.2 Å². The molecule has 5 heteroatoms. The zero-order chi connectivity index (χ0) is 13.9. The van der Waals surface area contributed by atoms with Crippen molar-refractivity contribution in [2.24, 2.45) is 0 Å². The molecule has 1 N–H and O–H groups in total. The highest BCUT2D eigenvalue weighted by molar-refractivity contribution is 7.18. The van der Waals surface area contributed by atoms with Crippen LogP contribution in [0.2, 0.25) is 0 Å². The molecular formula is C15H14N4S. The van der Waals surface area contributed by atoms with Gasteiger partial charge in [-0.2, -0.15) is 0 Å². The van der Waals surface area contributed by atoms with E-state index < -0.39 is 0 Å². The second-order valence-corrected chi connectivity index (χ2v) is 5.57. The maximum atomic E-state index is 4.43. The van der Waals surface area contributed by atoms with Crippen molar-refractivity contribution in [1.29, 1.82) is 0 Å². The Balaban J connectivity index is 1.86. The molecule has 0 fully saturated rings. The monoisotopic (exact) mass is 282 g/mol. The highest BCUT2D eigenvalue weighted by atomic mass is 32.1. The molecule has 0 aliphatic rings. The Kier molecular flexibility index (Phi) is 3.43. The number of pyridine rings is 2. The third kappa shape index (κ3) is 2.67. The highest BCUT2D eigenvalue weighted by Gasteiger charge is 2.08. The fraction of sp³-hybridized carbons (Fsp3) is 0.133. The Morgan fingerprint density at radius 1 is 1.05 bits per heavy atom. The number of hydrogen-bond donors (Lipinski definition) is 1. The maximum absolute atomic E-state index is 4.43. The molecule has 4 nitrogen and oxygen atoms in total. The van der Waals surface area contributed by atoms with Gasteiger partial charge in [0.25, 0.3) is 0 Å². The molecule has 3 aromatic heterocycles. The molecule has 0 bridgehead atoms. The standard InChI is InChI=1S/C15H14N4S/c1-10-5-7-16-12(8-10)19-13-9-18-15(20-13)14-11(2)4-3-6-17-14/h3-9H,1-2H3,(H,16,19). The Hall–Kier alpha value is -2.27. The van der Waals surface area contributed by atoms with E-state index in [0.29, 0.717) is 0 Å². The van der Waals surface area contributed by atoms with Crippen molar-refractivity contribution in [3.8, 4) is 10.7 Å². The zero-order valence-corrected chi connectivity index (χ0v) is 12.1. The molecule has 0 unspecified atom stereocenters. The lowest BCUT2D eigenvalue weighted by Crippen LogP contribution is -1.90. The van der Waals surface area contributed by atoms with Gasteiger partial charge in [0, 0.05) is 12.4 Å². The minimum Gasteiger partial charge on any atom is -0.331 e. The summed E-state index contributed by atoms with van der Waals surface area (Å²) in [6, 6.07) is 7.95. The molecule has 0 aromatic carbocycles. The van der Waals surface area contributed by atoms with E-state index >= 15 is 0 Å². The second kappa shape index (κ2) is 5.38. The Bertz CT molecular complexity index is 736. The lowest BCUT2D eigenvalue weighted by molar-refractivity contribution is 1.24. The van der Waals surface area contributed by atoms with Crippen molar-refractivity contribution in [2.75, 3.05) is 5.32 Å². The topological polar surface area (TPSA) is 50.7 Å². The molecule has 20 heavy (non-hydrogen) atoms. The fourth-order valence-electron chi connectivity index (χ4n) is 1.88. The summed E-state index contributed by atoms with van der Waals surface area (Å²) in [5.74, 6) is 0.831. The summed E-state index contributed by atoms with van der Waals surface area (Å²) in [6.07, 6.45) is 5.40. The number of aryl methyl sites for hydroxylation is 2. The van der Waals surface area contributed by atoms with Gasteiger partial charge >= 0.3 is 0 Å². The molecule has 0 aliphatic carbocycles. The molecule has 0 saturated heterocycles. The third-order valence-corrected chi connectivity index (χ3v) is 3.80. The van der Waals surface area contributed by atoms with E-state index in [-0.39, 0.29) is 0 Å². The number of hydrogen-bond acceptors (Lipinski definition) is 5. The van der Waals surface area contributed by atoms with Crippen molar-refractivity contribution in [2.45, 2.75) is 13.8 Å². The van der Waals surface area contributed by atoms with Gasteiger partial charge in [0.15, 0.2) is 0 Å². The first-order valence-electron chi connectivity index (χ1n) is 6.30. The molecule has 0 spiro atoms. The van der Waals surface area contributed by atoms with Crippen LogP contribution in [0, 0.1) is 13.8 Å². The molecule has 0 atom stereocenters. The minimum absolute atomic E-state index is 0.831. The van der Waals surface area contributed by atoms with Crippen LogP contribution >= 0.6 is 11.3 Å². The average Bonchev–Trinajstić information content (AvgIpc) is 2.87. The number of nitrogens with one attached hydrogen (secondary N) is 1. The molecule has 3 heterocycles. The van der Waals surface area contributed by atoms with Crippen LogP contribution < -0.4 is 5.32 Å². The van der Waals surface area contributed by atoms with Crippen molar-refractivity contribution in [3.05, 3.63) is 54.0 Å². The fourth-order valence-corrected chi connectivity index (χ4v) is 2.77. The largest absolute Gasteiger partial charge is 0.331 e. The smallest absolute Gasteiger partial charge is 0.144 e. The highest BCUT2D eigenvalue weighted by Crippen LogP contribution is 2.30. The summed E-state index contributed by atoms with van der Waals surface area (Å²) in [5.41, 5.74) is 3.23. The normalized spacial score (nSPS) is 10.5. The Morgan fingerprint density at radius 2 is 1.95 bits per heavy atom. The van der Waals surface area contributed by atoms with Crippen LogP contribution in [0.5, 0.6) is 0 Å². The molecule has 0 saturated carbocycles. The first kappa shape index (κ1) is 12.7. The van der Waals surface area contributed by atoms with Gasteiger partial charge in [-0.3, -0.25) is 4.98 Å². The van der Waals surface area contributed by atoms with E-state index in [0.717, 1.165) is 27.1 Å². The third-order valence-electron chi connectivity index (χ3n) is 2.88. The first-order valence-corrected chi connectivity index (χ1v) is 7.11. The lowest BCUT2D eigenvalue weighted by atomic mass is 10.2. The number of anilines is 2. The van der Waals surface area contributed by atoms with Crippen LogP contribution in [-0.4, -0.2) is 15.0 Å². The predicted octanol–water partition coefficient (Wildman–Crippen LogP) is 3.96. The van der Waals surface area contributed by atoms with Crippen LogP contribution in [0.3, 0.4) is 0 Å². The summed E-state index contributed by atoms with van der Waals surface area (Å²) in [6.45, 7) is 4.08. The van der Waals surface area contributed by atoms with Crippen LogP contribution in [0.15, 0.2) is 42.9 Å². The van der Waals surface area contributed by atoms with Gasteiger partial charge in [0.2, 0.25) is 0 Å². The number of rotatable bonds is 3. The Labute approximate surface area is 121 Å². The summed E-state index contributed by atoms with van der Waals surface area (Å²) < 4.78 is 0. The lowest BCUT2D eigenvalue weighted by Gasteiger charge is -2.02. The van der Waals surface area contributed by atoms with E-state index in [1.807, 2.05) is 44.3 Å². The summed E-state index contributed by atoms with van der Waals surface area (Å²) in [5, 5.41) is 5.15. The first-order chi connectivity index (χ1) is 9.72. The van der Waals surface area contributed by atoms with E-state index in [2.05, 4.69) is 20.3 Å². The predicted molar refractivity (Wildman–Crippen MR) is 82.3 cm³/mol. The zero-order valence-electron chi connectivity index (χ0n) is 11.3. The van der Waals surface area contributed by atoms with Crippen LogP contribution in [0.4, 0.5) is 10.8 Å². The summed E-state index contributed by atoms with van der Waals surface area (Å²) >= 11 is 1.58.